The summed E-state index contributed by atoms with van der Waals surface area (Å²) in [6, 6.07) is 6.00. The molecule has 3 rings (SSSR count). The summed E-state index contributed by atoms with van der Waals surface area (Å²) in [7, 11) is 0. The number of hydrogen-bond acceptors (Lipinski definition) is 4. The molecule has 0 radical (unpaired) electrons. The van der Waals surface area contributed by atoms with Crippen LogP contribution in [0, 0.1) is 6.92 Å². The standard InChI is InChI=1S/C19H21NO3S/c1-14-8-12-24-18(14)16(17-7-4-11-23-17)6-3-10-20-9-2-5-15(13-20)19(21)22/h4-8,11-12H,2-3,9-10,13H2,1H3,(H,21,22). The Morgan fingerprint density at radius 1 is 1.46 bits per heavy atom. The molecule has 0 aliphatic carbocycles. The van der Waals surface area contributed by atoms with E-state index in [1.54, 1.807) is 17.6 Å². The van der Waals surface area contributed by atoms with Crippen LogP contribution in [0.15, 0.2) is 52.0 Å². The third kappa shape index (κ3) is 3.86. The lowest BCUT2D eigenvalue weighted by Gasteiger charge is -2.25. The first-order valence-corrected chi connectivity index (χ1v) is 8.96. The molecule has 1 N–H and O–H groups in total. The van der Waals surface area contributed by atoms with Crippen LogP contribution in [0.1, 0.15) is 29.0 Å². The fraction of sp³-hybridized carbons (Fsp3) is 0.316. The van der Waals surface area contributed by atoms with Gasteiger partial charge in [0.1, 0.15) is 5.76 Å². The Bertz CT molecular complexity index is 755. The van der Waals surface area contributed by atoms with Gasteiger partial charge in [0.05, 0.1) is 6.26 Å². The zero-order valence-electron chi connectivity index (χ0n) is 13.7. The third-order valence-corrected chi connectivity index (χ3v) is 5.24. The lowest BCUT2D eigenvalue weighted by Crippen LogP contribution is -2.32. The Kier molecular flexibility index (Phi) is 5.33. The van der Waals surface area contributed by atoms with Crippen molar-refractivity contribution in [1.29, 1.82) is 0 Å². The summed E-state index contributed by atoms with van der Waals surface area (Å²) in [6.45, 7) is 4.40. The number of aryl methyl sites for hydroxylation is 1. The Hall–Kier alpha value is -2.11. The molecule has 0 saturated heterocycles. The molecule has 24 heavy (non-hydrogen) atoms. The maximum atomic E-state index is 11.1. The van der Waals surface area contributed by atoms with Gasteiger partial charge in [-0.15, -0.1) is 11.3 Å². The largest absolute Gasteiger partial charge is 0.478 e. The minimum Gasteiger partial charge on any atom is -0.478 e. The molecular weight excluding hydrogens is 322 g/mol. The van der Waals surface area contributed by atoms with Gasteiger partial charge in [-0.25, -0.2) is 4.79 Å². The number of nitrogens with zero attached hydrogens (tertiary/aromatic N) is 1. The molecule has 2 aromatic heterocycles. The van der Waals surface area contributed by atoms with E-state index in [1.807, 2.05) is 18.2 Å². The minimum atomic E-state index is -0.805. The predicted octanol–water partition coefficient (Wildman–Crippen LogP) is 4.19. The van der Waals surface area contributed by atoms with E-state index in [0.717, 1.165) is 37.3 Å². The van der Waals surface area contributed by atoms with Gasteiger partial charge in [0.2, 0.25) is 0 Å². The predicted molar refractivity (Wildman–Crippen MR) is 96.2 cm³/mol. The number of carboxylic acid groups (broad SMARTS) is 1. The summed E-state index contributed by atoms with van der Waals surface area (Å²) in [5, 5.41) is 11.2. The fourth-order valence-corrected chi connectivity index (χ4v) is 3.90. The monoisotopic (exact) mass is 343 g/mol. The molecule has 0 atom stereocenters. The molecule has 1 aliphatic rings. The van der Waals surface area contributed by atoms with E-state index in [0.29, 0.717) is 12.1 Å². The van der Waals surface area contributed by atoms with Gasteiger partial charge in [-0.05, 0) is 48.9 Å². The second kappa shape index (κ2) is 7.64. The second-order valence-electron chi connectivity index (χ2n) is 5.92. The van der Waals surface area contributed by atoms with Crippen molar-refractivity contribution in [2.24, 2.45) is 0 Å². The fourth-order valence-electron chi connectivity index (χ4n) is 2.93. The van der Waals surface area contributed by atoms with Crippen molar-refractivity contribution in [2.45, 2.75) is 19.8 Å². The normalized spacial score (nSPS) is 16.2. The van der Waals surface area contributed by atoms with Gasteiger partial charge >= 0.3 is 5.97 Å². The van der Waals surface area contributed by atoms with Crippen LogP contribution in [0.3, 0.4) is 0 Å². The molecule has 0 aromatic carbocycles. The second-order valence-corrected chi connectivity index (χ2v) is 6.83. The Morgan fingerprint density at radius 2 is 2.33 bits per heavy atom. The molecule has 0 unspecified atom stereocenters. The SMILES string of the molecule is Cc1ccsc1C(=CCCN1CCC=C(C(=O)O)C1)c1ccco1. The van der Waals surface area contributed by atoms with Crippen LogP contribution in [-0.2, 0) is 4.79 Å². The maximum Gasteiger partial charge on any atom is 0.332 e. The summed E-state index contributed by atoms with van der Waals surface area (Å²) < 4.78 is 5.60. The van der Waals surface area contributed by atoms with Gasteiger partial charge in [-0.2, -0.15) is 0 Å². The number of thiophene rings is 1. The highest BCUT2D eigenvalue weighted by Gasteiger charge is 2.17. The van der Waals surface area contributed by atoms with Gasteiger partial charge < -0.3 is 9.52 Å². The topological polar surface area (TPSA) is 53.7 Å². The van der Waals surface area contributed by atoms with E-state index in [9.17, 15) is 4.79 Å². The van der Waals surface area contributed by atoms with Crippen LogP contribution in [-0.4, -0.2) is 35.6 Å². The Labute approximate surface area is 145 Å². The highest BCUT2D eigenvalue weighted by molar-refractivity contribution is 7.11. The first-order valence-electron chi connectivity index (χ1n) is 8.08. The van der Waals surface area contributed by atoms with E-state index < -0.39 is 5.97 Å². The van der Waals surface area contributed by atoms with Crippen molar-refractivity contribution in [3.05, 3.63) is 63.8 Å². The summed E-state index contributed by atoms with van der Waals surface area (Å²) in [6.07, 6.45) is 7.40. The molecule has 0 saturated carbocycles. The molecule has 0 amide bonds. The Balaban J connectivity index is 1.70. The minimum absolute atomic E-state index is 0.505. The average Bonchev–Trinajstić information content (AvgIpc) is 3.24. The smallest absolute Gasteiger partial charge is 0.332 e. The van der Waals surface area contributed by atoms with E-state index in [2.05, 4.69) is 29.3 Å². The quantitative estimate of drug-likeness (QED) is 0.854. The van der Waals surface area contributed by atoms with Gasteiger partial charge in [0, 0.05) is 35.7 Å². The van der Waals surface area contributed by atoms with Crippen molar-refractivity contribution in [3.8, 4) is 0 Å². The van der Waals surface area contributed by atoms with E-state index in [-0.39, 0.29) is 0 Å². The first-order chi connectivity index (χ1) is 11.6. The summed E-state index contributed by atoms with van der Waals surface area (Å²) in [5.41, 5.74) is 2.88. The summed E-state index contributed by atoms with van der Waals surface area (Å²) >= 11 is 1.72. The lowest BCUT2D eigenvalue weighted by molar-refractivity contribution is -0.133. The van der Waals surface area contributed by atoms with Crippen LogP contribution in [0.2, 0.25) is 0 Å². The third-order valence-electron chi connectivity index (χ3n) is 4.19. The molecule has 1 aliphatic heterocycles. The summed E-state index contributed by atoms with van der Waals surface area (Å²) in [5.74, 6) is 0.0750. The molecule has 0 bridgehead atoms. The van der Waals surface area contributed by atoms with Crippen LogP contribution < -0.4 is 0 Å². The molecule has 4 nitrogen and oxygen atoms in total. The van der Waals surface area contributed by atoms with Crippen molar-refractivity contribution in [1.82, 2.24) is 4.90 Å². The van der Waals surface area contributed by atoms with Crippen molar-refractivity contribution in [2.75, 3.05) is 19.6 Å². The number of rotatable bonds is 6. The van der Waals surface area contributed by atoms with Crippen molar-refractivity contribution < 1.29 is 14.3 Å². The highest BCUT2D eigenvalue weighted by Crippen LogP contribution is 2.31. The molecule has 0 spiro atoms. The van der Waals surface area contributed by atoms with Crippen LogP contribution in [0.25, 0.3) is 5.57 Å². The number of furan rings is 1. The lowest BCUT2D eigenvalue weighted by atomic mass is 10.1. The highest BCUT2D eigenvalue weighted by atomic mass is 32.1. The molecule has 0 fully saturated rings. The first kappa shape index (κ1) is 16.7. The number of carbonyl (C=O) groups is 1. The van der Waals surface area contributed by atoms with Crippen molar-refractivity contribution in [3.63, 3.8) is 0 Å². The van der Waals surface area contributed by atoms with Crippen LogP contribution >= 0.6 is 11.3 Å². The maximum absolute atomic E-state index is 11.1. The molecular formula is C19H21NO3S. The average molecular weight is 343 g/mol. The van der Waals surface area contributed by atoms with Gasteiger partial charge in [-0.3, -0.25) is 4.90 Å². The number of carboxylic acids is 1. The van der Waals surface area contributed by atoms with E-state index in [4.69, 9.17) is 9.52 Å². The molecule has 2 aromatic rings. The van der Waals surface area contributed by atoms with Gasteiger partial charge in [-0.1, -0.05) is 12.2 Å². The molecule has 126 valence electrons. The Morgan fingerprint density at radius 3 is 3.00 bits per heavy atom. The van der Waals surface area contributed by atoms with Gasteiger partial charge in [0.25, 0.3) is 0 Å². The van der Waals surface area contributed by atoms with Gasteiger partial charge in [0.15, 0.2) is 0 Å². The molecule has 3 heterocycles. The zero-order valence-corrected chi connectivity index (χ0v) is 14.5. The number of hydrogen-bond donors (Lipinski definition) is 1. The van der Waals surface area contributed by atoms with E-state index in [1.165, 1.54) is 10.4 Å². The number of aliphatic carboxylic acids is 1. The van der Waals surface area contributed by atoms with E-state index >= 15 is 0 Å². The van der Waals surface area contributed by atoms with Crippen LogP contribution in [0.5, 0.6) is 0 Å². The van der Waals surface area contributed by atoms with Crippen molar-refractivity contribution >= 4 is 22.9 Å². The zero-order chi connectivity index (χ0) is 16.9. The summed E-state index contributed by atoms with van der Waals surface area (Å²) in [4.78, 5) is 14.5. The molecule has 5 heteroatoms. The van der Waals surface area contributed by atoms with Crippen LogP contribution in [0.4, 0.5) is 0 Å².